The van der Waals surface area contributed by atoms with Gasteiger partial charge in [0.25, 0.3) is 0 Å². The van der Waals surface area contributed by atoms with Gasteiger partial charge in [-0.3, -0.25) is 0 Å². The normalized spacial score (nSPS) is 15.0. The smallest absolute Gasteiger partial charge is 0.144 e. The van der Waals surface area contributed by atoms with Crippen molar-refractivity contribution in [1.29, 1.82) is 0 Å². The molecule has 4 nitrogen and oxygen atoms in total. The Labute approximate surface area is 225 Å². The lowest BCUT2D eigenvalue weighted by molar-refractivity contribution is 0.390. The van der Waals surface area contributed by atoms with Crippen LogP contribution in [0.3, 0.4) is 0 Å². The molecule has 0 N–H and O–H groups in total. The van der Waals surface area contributed by atoms with E-state index in [-0.39, 0.29) is 0 Å². The minimum Gasteiger partial charge on any atom is -0.144 e. The minimum atomic E-state index is -0.735. The van der Waals surface area contributed by atoms with E-state index in [1.165, 1.54) is 36.8 Å². The molecule has 4 aromatic carbocycles. The molecule has 1 aliphatic carbocycles. The van der Waals surface area contributed by atoms with E-state index in [0.717, 1.165) is 28.9 Å². The lowest BCUT2D eigenvalue weighted by Gasteiger charge is -2.34. The van der Waals surface area contributed by atoms with Crippen molar-refractivity contribution < 1.29 is 0 Å². The van der Waals surface area contributed by atoms with Crippen LogP contribution in [0.1, 0.15) is 65.2 Å². The van der Waals surface area contributed by atoms with Gasteiger partial charge in [-0.15, -0.1) is 15.0 Å². The van der Waals surface area contributed by atoms with E-state index in [4.69, 9.17) is 15.4 Å². The summed E-state index contributed by atoms with van der Waals surface area (Å²) in [6.07, 6.45) is 5.96. The average Bonchev–Trinajstić information content (AvgIpc) is 3.67. The van der Waals surface area contributed by atoms with Gasteiger partial charge in [-0.25, -0.2) is 0 Å². The van der Waals surface area contributed by atoms with Crippen LogP contribution in [0, 0.1) is 12.8 Å². The fourth-order valence-electron chi connectivity index (χ4n) is 6.37. The fourth-order valence-corrected chi connectivity index (χ4v) is 6.37. The van der Waals surface area contributed by atoms with Gasteiger partial charge in [-0.05, 0) is 59.1 Å². The number of rotatable bonds is 8. The van der Waals surface area contributed by atoms with Crippen LogP contribution in [0.4, 0.5) is 0 Å². The van der Waals surface area contributed by atoms with Gasteiger partial charge in [-0.1, -0.05) is 134 Å². The summed E-state index contributed by atoms with van der Waals surface area (Å²) in [5.74, 6) is 1.86. The molecule has 0 spiro atoms. The molecule has 1 heterocycles. The minimum absolute atomic E-state index is 0.398. The molecule has 6 rings (SSSR count). The van der Waals surface area contributed by atoms with Crippen molar-refractivity contribution in [2.45, 2.75) is 50.5 Å². The number of hydrogen-bond acceptors (Lipinski definition) is 3. The highest BCUT2D eigenvalue weighted by molar-refractivity contribution is 5.49. The Hall–Kier alpha value is -4.05. The fraction of sp³-hybridized carbons (Fsp3) is 0.265. The molecule has 190 valence electrons. The molecule has 5 aromatic rings. The van der Waals surface area contributed by atoms with Crippen molar-refractivity contribution in [3.8, 4) is 0 Å². The highest BCUT2D eigenvalue weighted by Crippen LogP contribution is 2.41. The molecule has 0 aliphatic heterocycles. The molecule has 1 saturated carbocycles. The lowest BCUT2D eigenvalue weighted by atomic mass is 9.77. The summed E-state index contributed by atoms with van der Waals surface area (Å²) in [4.78, 5) is 1.85. The molecule has 1 fully saturated rings. The lowest BCUT2D eigenvalue weighted by Crippen LogP contribution is -2.39. The summed E-state index contributed by atoms with van der Waals surface area (Å²) in [6.45, 7) is 2.18. The quantitative estimate of drug-likeness (QED) is 0.210. The number of nitrogens with zero attached hydrogens (tertiary/aromatic N) is 4. The Kier molecular flexibility index (Phi) is 6.87. The standard InChI is InChI=1S/C34H34N4/c1-26-14-13-17-28(24-26)32(27-15-11-12-16-27)25-33-35-37-38(36-33)34(29-18-5-2-6-19-29,30-20-7-3-8-21-30)31-22-9-4-10-23-31/h2-10,13-14,17-24,27,32H,11-12,15-16,25H2,1H3. The molecule has 4 heteroatoms. The maximum atomic E-state index is 5.17. The molecule has 38 heavy (non-hydrogen) atoms. The summed E-state index contributed by atoms with van der Waals surface area (Å²) in [5, 5.41) is 14.6. The zero-order chi connectivity index (χ0) is 25.8. The summed E-state index contributed by atoms with van der Waals surface area (Å²) < 4.78 is 0. The van der Waals surface area contributed by atoms with Crippen LogP contribution < -0.4 is 0 Å². The Morgan fingerprint density at radius 3 is 1.82 bits per heavy atom. The Bertz CT molecular complexity index is 1360. The van der Waals surface area contributed by atoms with Gasteiger partial charge in [0.1, 0.15) is 0 Å². The van der Waals surface area contributed by atoms with Crippen LogP contribution in [0.2, 0.25) is 0 Å². The van der Waals surface area contributed by atoms with Gasteiger partial charge in [0.2, 0.25) is 0 Å². The number of tetrazole rings is 1. The molecule has 0 saturated heterocycles. The Morgan fingerprint density at radius 2 is 1.29 bits per heavy atom. The van der Waals surface area contributed by atoms with E-state index in [1.54, 1.807) is 0 Å². The molecule has 1 aliphatic rings. The molecule has 1 atom stereocenters. The second kappa shape index (κ2) is 10.7. The van der Waals surface area contributed by atoms with Crippen LogP contribution in [-0.2, 0) is 12.0 Å². The van der Waals surface area contributed by atoms with Gasteiger partial charge in [0.15, 0.2) is 11.4 Å². The third kappa shape index (κ3) is 4.56. The second-order valence-corrected chi connectivity index (χ2v) is 10.6. The van der Waals surface area contributed by atoms with Crippen LogP contribution in [0.25, 0.3) is 0 Å². The first-order chi connectivity index (χ1) is 18.7. The average molecular weight is 499 g/mol. The maximum absolute atomic E-state index is 5.17. The van der Waals surface area contributed by atoms with Crippen molar-refractivity contribution in [1.82, 2.24) is 20.2 Å². The van der Waals surface area contributed by atoms with Crippen LogP contribution in [-0.4, -0.2) is 20.2 Å². The number of hydrogen-bond donors (Lipinski definition) is 0. The van der Waals surface area contributed by atoms with E-state index in [1.807, 2.05) is 4.80 Å². The van der Waals surface area contributed by atoms with Crippen molar-refractivity contribution in [3.63, 3.8) is 0 Å². The predicted octanol–water partition coefficient (Wildman–Crippen LogP) is 7.34. The Morgan fingerprint density at radius 1 is 0.737 bits per heavy atom. The van der Waals surface area contributed by atoms with E-state index in [0.29, 0.717) is 11.8 Å². The molecule has 0 amide bonds. The summed E-state index contributed by atoms with van der Waals surface area (Å²) in [5.41, 5.74) is 5.28. The first-order valence-corrected chi connectivity index (χ1v) is 13.8. The molecule has 1 aromatic heterocycles. The maximum Gasteiger partial charge on any atom is 0.175 e. The van der Waals surface area contributed by atoms with E-state index in [2.05, 4.69) is 122 Å². The summed E-state index contributed by atoms with van der Waals surface area (Å²) in [7, 11) is 0. The van der Waals surface area contributed by atoms with E-state index < -0.39 is 5.54 Å². The number of aromatic nitrogens is 4. The highest BCUT2D eigenvalue weighted by atomic mass is 15.6. The molecule has 1 unspecified atom stereocenters. The third-order valence-corrected chi connectivity index (χ3v) is 8.17. The zero-order valence-corrected chi connectivity index (χ0v) is 21.9. The van der Waals surface area contributed by atoms with E-state index >= 15 is 0 Å². The first kappa shape index (κ1) is 24.3. The van der Waals surface area contributed by atoms with Gasteiger partial charge in [0.05, 0.1) is 0 Å². The van der Waals surface area contributed by atoms with E-state index in [9.17, 15) is 0 Å². The predicted molar refractivity (Wildman–Crippen MR) is 152 cm³/mol. The van der Waals surface area contributed by atoms with Crippen LogP contribution in [0.15, 0.2) is 115 Å². The molecule has 0 bridgehead atoms. The zero-order valence-electron chi connectivity index (χ0n) is 21.9. The van der Waals surface area contributed by atoms with Crippen molar-refractivity contribution in [3.05, 3.63) is 149 Å². The summed E-state index contributed by atoms with van der Waals surface area (Å²) in [6, 6.07) is 40.6. The monoisotopic (exact) mass is 498 g/mol. The molecular formula is C34H34N4. The molecule has 0 radical (unpaired) electrons. The number of benzene rings is 4. The topological polar surface area (TPSA) is 43.6 Å². The highest BCUT2D eigenvalue weighted by Gasteiger charge is 2.41. The van der Waals surface area contributed by atoms with Crippen LogP contribution in [0.5, 0.6) is 0 Å². The van der Waals surface area contributed by atoms with Gasteiger partial charge in [-0.2, -0.15) is 0 Å². The van der Waals surface area contributed by atoms with Crippen molar-refractivity contribution >= 4 is 0 Å². The third-order valence-electron chi connectivity index (χ3n) is 8.17. The van der Waals surface area contributed by atoms with Gasteiger partial charge < -0.3 is 0 Å². The van der Waals surface area contributed by atoms with Crippen LogP contribution >= 0.6 is 0 Å². The van der Waals surface area contributed by atoms with Crippen molar-refractivity contribution in [2.24, 2.45) is 5.92 Å². The SMILES string of the molecule is Cc1cccc(C(Cc2nnn(C(c3ccccc3)(c3ccccc3)c3ccccc3)n2)C2CCCC2)c1. The second-order valence-electron chi connectivity index (χ2n) is 10.6. The largest absolute Gasteiger partial charge is 0.175 e. The van der Waals surface area contributed by atoms with Gasteiger partial charge >= 0.3 is 0 Å². The molecular weight excluding hydrogens is 464 g/mol. The van der Waals surface area contributed by atoms with Gasteiger partial charge in [0, 0.05) is 6.42 Å². The van der Waals surface area contributed by atoms with Crippen molar-refractivity contribution in [2.75, 3.05) is 0 Å². The summed E-state index contributed by atoms with van der Waals surface area (Å²) >= 11 is 0. The number of aryl methyl sites for hydroxylation is 1. The Balaban J connectivity index is 1.48. The first-order valence-electron chi connectivity index (χ1n) is 13.8.